The van der Waals surface area contributed by atoms with Crippen LogP contribution in [-0.4, -0.2) is 67.1 Å². The molecule has 0 aliphatic carbocycles. The number of carbonyl (C=O) groups excluding carboxylic acids is 1. The van der Waals surface area contributed by atoms with Crippen molar-refractivity contribution in [3.8, 4) is 0 Å². The summed E-state index contributed by atoms with van der Waals surface area (Å²) < 4.78 is 0. The predicted octanol–water partition coefficient (Wildman–Crippen LogP) is 3.10. The van der Waals surface area contributed by atoms with E-state index >= 15 is 0 Å². The zero-order valence-electron chi connectivity index (χ0n) is 18.7. The van der Waals surface area contributed by atoms with Crippen LogP contribution < -0.4 is 16.0 Å². The van der Waals surface area contributed by atoms with E-state index in [1.165, 1.54) is 0 Å². The second-order valence-corrected chi connectivity index (χ2v) is 8.10. The molecule has 2 rings (SSSR count). The zero-order chi connectivity index (χ0) is 21.2. The number of nitrogens with zero attached hydrogens (tertiary/aromatic N) is 3. The monoisotopic (exact) mass is 402 g/mol. The number of hydrogen-bond donors (Lipinski definition) is 3. The molecule has 162 valence electrons. The second-order valence-electron chi connectivity index (χ2n) is 8.10. The minimum atomic E-state index is -0.00931. The molecule has 0 bridgehead atoms. The third kappa shape index (κ3) is 7.57. The molecule has 0 atom stereocenters. The van der Waals surface area contributed by atoms with Crippen molar-refractivity contribution in [3.63, 3.8) is 0 Å². The number of likely N-dealkylation sites (tertiary alicyclic amines) is 1. The van der Waals surface area contributed by atoms with Crippen molar-refractivity contribution in [3.05, 3.63) is 29.8 Å². The van der Waals surface area contributed by atoms with Gasteiger partial charge < -0.3 is 20.9 Å². The first-order valence-corrected chi connectivity index (χ1v) is 10.8. The summed E-state index contributed by atoms with van der Waals surface area (Å²) in [6, 6.07) is 8.98. The van der Waals surface area contributed by atoms with Crippen LogP contribution in [0.2, 0.25) is 0 Å². The normalized spacial score (nSPS) is 14.8. The highest BCUT2D eigenvalue weighted by Crippen LogP contribution is 2.14. The van der Waals surface area contributed by atoms with Crippen molar-refractivity contribution < 1.29 is 4.79 Å². The summed E-state index contributed by atoms with van der Waals surface area (Å²) in [4.78, 5) is 20.9. The number of carbonyl (C=O) groups is 1. The Kier molecular flexibility index (Phi) is 9.25. The van der Waals surface area contributed by atoms with Crippen molar-refractivity contribution >= 4 is 17.7 Å². The highest BCUT2D eigenvalue weighted by molar-refractivity contribution is 5.89. The second kappa shape index (κ2) is 11.7. The van der Waals surface area contributed by atoms with Crippen LogP contribution in [0.15, 0.2) is 29.3 Å². The number of amides is 2. The SMILES string of the molecule is CN=C(NCCN(C(C)C)C(C)C)NCc1cccc(NC(=O)N2CCCC2)c1. The van der Waals surface area contributed by atoms with Gasteiger partial charge in [-0.1, -0.05) is 12.1 Å². The molecule has 1 fully saturated rings. The fourth-order valence-corrected chi connectivity index (χ4v) is 3.70. The number of guanidine groups is 1. The van der Waals surface area contributed by atoms with E-state index in [-0.39, 0.29) is 6.03 Å². The van der Waals surface area contributed by atoms with Gasteiger partial charge in [-0.25, -0.2) is 4.79 Å². The van der Waals surface area contributed by atoms with Gasteiger partial charge in [0, 0.05) is 57.5 Å². The lowest BCUT2D eigenvalue weighted by atomic mass is 10.2. The molecular weight excluding hydrogens is 364 g/mol. The van der Waals surface area contributed by atoms with Gasteiger partial charge in [0.25, 0.3) is 0 Å². The van der Waals surface area contributed by atoms with Gasteiger partial charge in [-0.2, -0.15) is 0 Å². The van der Waals surface area contributed by atoms with Crippen LogP contribution in [0.1, 0.15) is 46.1 Å². The maximum atomic E-state index is 12.3. The van der Waals surface area contributed by atoms with E-state index in [1.807, 2.05) is 29.2 Å². The van der Waals surface area contributed by atoms with Crippen molar-refractivity contribution in [2.75, 3.05) is 38.5 Å². The molecule has 0 spiro atoms. The summed E-state index contributed by atoms with van der Waals surface area (Å²) in [6.45, 7) is 13.0. The Morgan fingerprint density at radius 1 is 1.14 bits per heavy atom. The van der Waals surface area contributed by atoms with Gasteiger partial charge in [0.15, 0.2) is 5.96 Å². The Bertz CT molecular complexity index is 659. The number of rotatable bonds is 8. The molecule has 0 radical (unpaired) electrons. The minimum absolute atomic E-state index is 0.00931. The van der Waals surface area contributed by atoms with Crippen molar-refractivity contribution in [1.82, 2.24) is 20.4 Å². The van der Waals surface area contributed by atoms with Gasteiger partial charge in [-0.15, -0.1) is 0 Å². The first-order valence-electron chi connectivity index (χ1n) is 10.8. The van der Waals surface area contributed by atoms with Crippen LogP contribution in [0.5, 0.6) is 0 Å². The summed E-state index contributed by atoms with van der Waals surface area (Å²) in [7, 11) is 1.78. The van der Waals surface area contributed by atoms with Crippen LogP contribution in [0.4, 0.5) is 10.5 Å². The van der Waals surface area contributed by atoms with E-state index in [4.69, 9.17) is 0 Å². The van der Waals surface area contributed by atoms with E-state index in [1.54, 1.807) is 7.05 Å². The third-order valence-electron chi connectivity index (χ3n) is 5.24. The van der Waals surface area contributed by atoms with Crippen molar-refractivity contribution in [2.45, 2.75) is 59.2 Å². The predicted molar refractivity (Wildman–Crippen MR) is 121 cm³/mol. The van der Waals surface area contributed by atoms with E-state index < -0.39 is 0 Å². The minimum Gasteiger partial charge on any atom is -0.355 e. The van der Waals surface area contributed by atoms with Crippen LogP contribution in [0, 0.1) is 0 Å². The molecule has 29 heavy (non-hydrogen) atoms. The molecule has 0 aromatic heterocycles. The molecule has 1 heterocycles. The fraction of sp³-hybridized carbons (Fsp3) is 0.636. The Morgan fingerprint density at radius 3 is 2.45 bits per heavy atom. The molecule has 3 N–H and O–H groups in total. The molecule has 2 amide bonds. The summed E-state index contributed by atoms with van der Waals surface area (Å²) >= 11 is 0. The molecule has 0 saturated carbocycles. The first kappa shape index (κ1) is 23.0. The smallest absolute Gasteiger partial charge is 0.321 e. The fourth-order valence-electron chi connectivity index (χ4n) is 3.70. The topological polar surface area (TPSA) is 72.0 Å². The third-order valence-corrected chi connectivity index (χ3v) is 5.24. The number of urea groups is 1. The average Bonchev–Trinajstić information content (AvgIpc) is 3.22. The Labute approximate surface area is 175 Å². The molecule has 1 aromatic rings. The van der Waals surface area contributed by atoms with Gasteiger partial charge in [-0.05, 0) is 58.2 Å². The maximum Gasteiger partial charge on any atom is 0.321 e. The number of hydrogen-bond acceptors (Lipinski definition) is 3. The number of anilines is 1. The first-order chi connectivity index (χ1) is 13.9. The highest BCUT2D eigenvalue weighted by Gasteiger charge is 2.17. The van der Waals surface area contributed by atoms with Crippen LogP contribution in [0.3, 0.4) is 0 Å². The van der Waals surface area contributed by atoms with Crippen molar-refractivity contribution in [1.29, 1.82) is 0 Å². The molecule has 7 nitrogen and oxygen atoms in total. The van der Waals surface area contributed by atoms with Crippen LogP contribution >= 0.6 is 0 Å². The molecule has 1 aliphatic heterocycles. The Morgan fingerprint density at radius 2 is 1.83 bits per heavy atom. The number of aliphatic imine (C=N–C) groups is 1. The molecule has 0 unspecified atom stereocenters. The molecule has 1 saturated heterocycles. The summed E-state index contributed by atoms with van der Waals surface area (Å²) in [5, 5.41) is 9.74. The molecule has 1 aromatic carbocycles. The quantitative estimate of drug-likeness (QED) is 0.462. The van der Waals surface area contributed by atoms with Gasteiger partial charge in [-0.3, -0.25) is 9.89 Å². The van der Waals surface area contributed by atoms with Crippen LogP contribution in [0.25, 0.3) is 0 Å². The number of benzene rings is 1. The van der Waals surface area contributed by atoms with Gasteiger partial charge in [0.1, 0.15) is 0 Å². The standard InChI is InChI=1S/C22H38N6O/c1-17(2)28(18(3)4)14-11-24-21(23-5)25-16-19-9-8-10-20(15-19)26-22(29)27-12-6-7-13-27/h8-10,15,17-18H,6-7,11-14,16H2,1-5H3,(H,26,29)(H2,23,24,25). The Balaban J connectivity index is 1.80. The molecule has 1 aliphatic rings. The maximum absolute atomic E-state index is 12.3. The summed E-state index contributed by atoms with van der Waals surface area (Å²) in [6.07, 6.45) is 2.19. The summed E-state index contributed by atoms with van der Waals surface area (Å²) in [5.74, 6) is 0.781. The van der Waals surface area contributed by atoms with E-state index in [2.05, 4.69) is 53.5 Å². The van der Waals surface area contributed by atoms with Gasteiger partial charge in [0.2, 0.25) is 0 Å². The highest BCUT2D eigenvalue weighted by atomic mass is 16.2. The zero-order valence-corrected chi connectivity index (χ0v) is 18.7. The van der Waals surface area contributed by atoms with Crippen LogP contribution in [-0.2, 0) is 6.54 Å². The van der Waals surface area contributed by atoms with Crippen molar-refractivity contribution in [2.24, 2.45) is 4.99 Å². The van der Waals surface area contributed by atoms with Gasteiger partial charge in [0.05, 0.1) is 0 Å². The summed E-state index contributed by atoms with van der Waals surface area (Å²) in [5.41, 5.74) is 1.92. The van der Waals surface area contributed by atoms with E-state index in [9.17, 15) is 4.79 Å². The lowest BCUT2D eigenvalue weighted by Gasteiger charge is -2.30. The van der Waals surface area contributed by atoms with E-state index in [0.717, 1.165) is 56.2 Å². The lowest BCUT2D eigenvalue weighted by molar-refractivity contribution is 0.178. The largest absolute Gasteiger partial charge is 0.355 e. The molecule has 7 heteroatoms. The molecular formula is C22H38N6O. The van der Waals surface area contributed by atoms with E-state index in [0.29, 0.717) is 18.6 Å². The Hall–Kier alpha value is -2.28. The lowest BCUT2D eigenvalue weighted by Crippen LogP contribution is -2.45. The van der Waals surface area contributed by atoms with Gasteiger partial charge >= 0.3 is 6.03 Å². The number of nitrogens with one attached hydrogen (secondary N) is 3. The average molecular weight is 403 g/mol.